The Hall–Kier alpha value is -0.0500. The molecule has 2 heterocycles. The predicted molar refractivity (Wildman–Crippen MR) is 92.4 cm³/mol. The van der Waals surface area contributed by atoms with E-state index in [0.29, 0.717) is 18.3 Å². The van der Waals surface area contributed by atoms with Crippen molar-refractivity contribution in [3.05, 3.63) is 0 Å². The van der Waals surface area contributed by atoms with Crippen LogP contribution in [-0.4, -0.2) is 53.8 Å². The number of alkyl halides is 3. The molecule has 4 rings (SSSR count). The molecule has 5 N–H and O–H groups in total. The SMILES string of the molecule is OC1CC(Cl)CCC1C1NNC(NC2CC(F)(F)C2)C2CNCCC21. The van der Waals surface area contributed by atoms with Crippen molar-refractivity contribution in [1.82, 2.24) is 21.5 Å². The molecule has 0 spiro atoms. The maximum Gasteiger partial charge on any atom is 0.251 e. The summed E-state index contributed by atoms with van der Waals surface area (Å²) in [5.41, 5.74) is 6.76. The lowest BCUT2D eigenvalue weighted by atomic mass is 9.69. The highest BCUT2D eigenvalue weighted by atomic mass is 35.5. The number of hydrazine groups is 1. The maximum atomic E-state index is 13.1. The van der Waals surface area contributed by atoms with E-state index in [-0.39, 0.29) is 48.5 Å². The topological polar surface area (TPSA) is 68.3 Å². The number of rotatable bonds is 3. The molecule has 2 aliphatic carbocycles. The molecule has 4 aliphatic rings. The van der Waals surface area contributed by atoms with E-state index in [4.69, 9.17) is 11.6 Å². The van der Waals surface area contributed by atoms with E-state index >= 15 is 0 Å². The molecule has 7 atom stereocenters. The first-order valence-corrected chi connectivity index (χ1v) is 10.0. The van der Waals surface area contributed by atoms with Crippen LogP contribution in [0, 0.1) is 17.8 Å². The third-order valence-electron chi connectivity index (χ3n) is 6.65. The molecule has 0 aromatic carbocycles. The third-order valence-corrected chi connectivity index (χ3v) is 7.05. The Morgan fingerprint density at radius 2 is 1.84 bits per heavy atom. The van der Waals surface area contributed by atoms with Gasteiger partial charge in [0.15, 0.2) is 0 Å². The Morgan fingerprint density at radius 1 is 1.04 bits per heavy atom. The highest BCUT2D eigenvalue weighted by Crippen LogP contribution is 2.40. The van der Waals surface area contributed by atoms with Crippen molar-refractivity contribution in [3.63, 3.8) is 0 Å². The number of fused-ring (bicyclic) bond motifs is 1. The number of aliphatic hydroxyl groups is 1. The summed E-state index contributed by atoms with van der Waals surface area (Å²) >= 11 is 6.20. The van der Waals surface area contributed by atoms with Gasteiger partial charge in [-0.25, -0.2) is 14.2 Å². The molecule has 0 aromatic heterocycles. The summed E-state index contributed by atoms with van der Waals surface area (Å²) in [7, 11) is 0. The zero-order valence-corrected chi connectivity index (χ0v) is 15.1. The number of aliphatic hydroxyl groups excluding tert-OH is 1. The Kier molecular flexibility index (Phi) is 5.25. The molecule has 2 saturated heterocycles. The van der Waals surface area contributed by atoms with Gasteiger partial charge in [0.25, 0.3) is 5.92 Å². The summed E-state index contributed by atoms with van der Waals surface area (Å²) in [6.07, 6.45) is 3.02. The normalized spacial score (nSPS) is 47.8. The third kappa shape index (κ3) is 3.82. The number of hydrogen-bond acceptors (Lipinski definition) is 5. The van der Waals surface area contributed by atoms with Crippen LogP contribution in [0.3, 0.4) is 0 Å². The van der Waals surface area contributed by atoms with Crippen molar-refractivity contribution in [3.8, 4) is 0 Å². The summed E-state index contributed by atoms with van der Waals surface area (Å²) in [6, 6.07) is 0.0813. The lowest BCUT2D eigenvalue weighted by molar-refractivity contribution is -0.103. The Balaban J connectivity index is 1.41. The standard InChI is InChI=1S/C17H29ClF2N4O/c18-9-1-2-12(14(25)5-9)15-11-3-4-21-8-13(11)16(24-23-15)22-10-6-17(19,20)7-10/h9-16,21-25H,1-8H2. The Bertz CT molecular complexity index is 478. The van der Waals surface area contributed by atoms with Crippen LogP contribution in [0.1, 0.15) is 38.5 Å². The minimum atomic E-state index is -2.50. The van der Waals surface area contributed by atoms with Crippen molar-refractivity contribution in [2.45, 2.75) is 74.2 Å². The van der Waals surface area contributed by atoms with E-state index in [0.717, 1.165) is 32.4 Å². The van der Waals surface area contributed by atoms with Crippen LogP contribution in [-0.2, 0) is 0 Å². The zero-order chi connectivity index (χ0) is 17.6. The van der Waals surface area contributed by atoms with E-state index in [1.54, 1.807) is 0 Å². The fourth-order valence-corrected chi connectivity index (χ4v) is 5.58. The molecule has 0 bridgehead atoms. The zero-order valence-electron chi connectivity index (χ0n) is 14.4. The molecule has 0 amide bonds. The molecule has 0 radical (unpaired) electrons. The first-order chi connectivity index (χ1) is 11.9. The second kappa shape index (κ2) is 7.17. The second-order valence-electron chi connectivity index (χ2n) is 8.38. The van der Waals surface area contributed by atoms with E-state index in [2.05, 4.69) is 21.5 Å². The molecule has 7 unspecified atom stereocenters. The van der Waals surface area contributed by atoms with Crippen LogP contribution in [0.15, 0.2) is 0 Å². The number of piperidine rings is 1. The lowest BCUT2D eigenvalue weighted by Crippen LogP contribution is -2.72. The van der Waals surface area contributed by atoms with E-state index < -0.39 is 5.92 Å². The van der Waals surface area contributed by atoms with Gasteiger partial charge < -0.3 is 10.4 Å². The Labute approximate surface area is 152 Å². The average Bonchev–Trinajstić information content (AvgIpc) is 2.54. The highest BCUT2D eigenvalue weighted by molar-refractivity contribution is 6.20. The summed E-state index contributed by atoms with van der Waals surface area (Å²) in [5.74, 6) is -1.55. The van der Waals surface area contributed by atoms with Crippen molar-refractivity contribution in [2.24, 2.45) is 17.8 Å². The van der Waals surface area contributed by atoms with Crippen LogP contribution < -0.4 is 21.5 Å². The van der Waals surface area contributed by atoms with Gasteiger partial charge in [-0.1, -0.05) is 0 Å². The molecule has 2 saturated carbocycles. The minimum absolute atomic E-state index is 0.0170. The van der Waals surface area contributed by atoms with Gasteiger partial charge in [-0.2, -0.15) is 0 Å². The minimum Gasteiger partial charge on any atom is -0.393 e. The monoisotopic (exact) mass is 378 g/mol. The molecular formula is C17H29ClF2N4O. The fourth-order valence-electron chi connectivity index (χ4n) is 5.28. The van der Waals surface area contributed by atoms with Gasteiger partial charge >= 0.3 is 0 Å². The number of halogens is 3. The molecule has 5 nitrogen and oxygen atoms in total. The Morgan fingerprint density at radius 3 is 2.56 bits per heavy atom. The summed E-state index contributed by atoms with van der Waals surface area (Å²) in [6.45, 7) is 1.84. The van der Waals surface area contributed by atoms with E-state index in [9.17, 15) is 13.9 Å². The maximum absolute atomic E-state index is 13.1. The van der Waals surface area contributed by atoms with Crippen molar-refractivity contribution >= 4 is 11.6 Å². The van der Waals surface area contributed by atoms with Crippen LogP contribution in [0.5, 0.6) is 0 Å². The smallest absolute Gasteiger partial charge is 0.251 e. The fraction of sp³-hybridized carbons (Fsp3) is 1.00. The highest BCUT2D eigenvalue weighted by Gasteiger charge is 2.50. The molecule has 144 valence electrons. The van der Waals surface area contributed by atoms with Crippen molar-refractivity contribution in [1.29, 1.82) is 0 Å². The molecule has 2 aliphatic heterocycles. The van der Waals surface area contributed by atoms with E-state index in [1.807, 2.05) is 0 Å². The lowest BCUT2D eigenvalue weighted by Gasteiger charge is -2.52. The largest absolute Gasteiger partial charge is 0.393 e. The molecule has 4 fully saturated rings. The van der Waals surface area contributed by atoms with Gasteiger partial charge in [-0.15, -0.1) is 11.6 Å². The molecule has 25 heavy (non-hydrogen) atoms. The quantitative estimate of drug-likeness (QED) is 0.477. The van der Waals surface area contributed by atoms with Crippen LogP contribution >= 0.6 is 11.6 Å². The second-order valence-corrected chi connectivity index (χ2v) is 9.00. The predicted octanol–water partition coefficient (Wildman–Crippen LogP) is 1.17. The van der Waals surface area contributed by atoms with Crippen LogP contribution in [0.2, 0.25) is 0 Å². The molecule has 0 aromatic rings. The van der Waals surface area contributed by atoms with Crippen LogP contribution in [0.25, 0.3) is 0 Å². The summed E-state index contributed by atoms with van der Waals surface area (Å²) in [5, 5.41) is 17.4. The van der Waals surface area contributed by atoms with Gasteiger partial charge in [0.1, 0.15) is 0 Å². The van der Waals surface area contributed by atoms with Gasteiger partial charge in [-0.05, 0) is 38.1 Å². The first-order valence-electron chi connectivity index (χ1n) is 9.61. The number of hydrogen-bond donors (Lipinski definition) is 5. The van der Waals surface area contributed by atoms with Gasteiger partial charge in [0.05, 0.1) is 12.3 Å². The molecule has 8 heteroatoms. The number of nitrogens with one attached hydrogen (secondary N) is 4. The first kappa shape index (κ1) is 18.3. The van der Waals surface area contributed by atoms with Gasteiger partial charge in [0.2, 0.25) is 0 Å². The van der Waals surface area contributed by atoms with Gasteiger partial charge in [-0.3, -0.25) is 10.7 Å². The molecular weight excluding hydrogens is 350 g/mol. The van der Waals surface area contributed by atoms with Crippen molar-refractivity contribution in [2.75, 3.05) is 13.1 Å². The van der Waals surface area contributed by atoms with Crippen LogP contribution in [0.4, 0.5) is 8.78 Å². The summed E-state index contributed by atoms with van der Waals surface area (Å²) < 4.78 is 26.3. The summed E-state index contributed by atoms with van der Waals surface area (Å²) in [4.78, 5) is 0. The van der Waals surface area contributed by atoms with Gasteiger partial charge in [0, 0.05) is 48.7 Å². The van der Waals surface area contributed by atoms with Crippen molar-refractivity contribution < 1.29 is 13.9 Å². The van der Waals surface area contributed by atoms with E-state index in [1.165, 1.54) is 0 Å². The average molecular weight is 379 g/mol.